The first kappa shape index (κ1) is 28.2. The Morgan fingerprint density at radius 3 is 2.39 bits per heavy atom. The van der Waals surface area contributed by atoms with Crippen LogP contribution in [0.1, 0.15) is 70.5 Å². The number of nitrogens with zero attached hydrogens (tertiary/aromatic N) is 1. The summed E-state index contributed by atoms with van der Waals surface area (Å²) in [7, 11) is 1.41. The van der Waals surface area contributed by atoms with Crippen LogP contribution in [-0.4, -0.2) is 60.1 Å². The molecule has 38 heavy (non-hydrogen) atoms. The third kappa shape index (κ3) is 7.09. The van der Waals surface area contributed by atoms with Gasteiger partial charge in [0.15, 0.2) is 5.69 Å². The predicted molar refractivity (Wildman–Crippen MR) is 136 cm³/mol. The van der Waals surface area contributed by atoms with E-state index in [-0.39, 0.29) is 28.1 Å². The number of hydrogen-bond acceptors (Lipinski definition) is 9. The minimum absolute atomic E-state index is 0.0667. The van der Waals surface area contributed by atoms with Crippen molar-refractivity contribution in [1.29, 1.82) is 0 Å². The fourth-order valence-corrected chi connectivity index (χ4v) is 3.53. The van der Waals surface area contributed by atoms with E-state index in [1.165, 1.54) is 44.4 Å². The molecular weight excluding hydrogens is 496 g/mol. The van der Waals surface area contributed by atoms with Crippen LogP contribution in [0.4, 0.5) is 4.79 Å². The second kappa shape index (κ2) is 12.2. The Morgan fingerprint density at radius 1 is 1.11 bits per heavy atom. The number of methoxy groups -OCH3 is 1. The summed E-state index contributed by atoms with van der Waals surface area (Å²) >= 11 is 0. The topological polar surface area (TPSA) is 150 Å². The lowest BCUT2D eigenvalue weighted by Crippen LogP contribution is -2.28. The number of rotatable bonds is 11. The van der Waals surface area contributed by atoms with Crippen molar-refractivity contribution in [1.82, 2.24) is 10.3 Å². The predicted octanol–water partition coefficient (Wildman–Crippen LogP) is 4.30. The van der Waals surface area contributed by atoms with Crippen LogP contribution in [0.2, 0.25) is 0 Å². The van der Waals surface area contributed by atoms with Crippen molar-refractivity contribution in [3.63, 3.8) is 0 Å². The lowest BCUT2D eigenvalue weighted by atomic mass is 9.95. The van der Waals surface area contributed by atoms with Gasteiger partial charge in [0, 0.05) is 30.2 Å². The maximum absolute atomic E-state index is 13.2. The zero-order valence-corrected chi connectivity index (χ0v) is 21.6. The first-order valence-corrected chi connectivity index (χ1v) is 12.0. The van der Waals surface area contributed by atoms with Gasteiger partial charge in [-0.1, -0.05) is 12.7 Å². The molecule has 1 aliphatic carbocycles. The number of ether oxygens (including phenoxy) is 4. The zero-order chi connectivity index (χ0) is 28.0. The fourth-order valence-electron chi connectivity index (χ4n) is 3.53. The molecule has 0 bridgehead atoms. The molecule has 11 heteroatoms. The van der Waals surface area contributed by atoms with Crippen LogP contribution in [0.5, 0.6) is 5.75 Å². The number of benzene rings is 1. The largest absolute Gasteiger partial charge is 0.511 e. The molecule has 1 saturated carbocycles. The van der Waals surface area contributed by atoms with Gasteiger partial charge in [0.2, 0.25) is 6.29 Å². The Hall–Kier alpha value is -4.41. The van der Waals surface area contributed by atoms with E-state index in [4.69, 9.17) is 18.9 Å². The number of carbonyl (C=O) groups is 4. The smallest absolute Gasteiger partial charge is 0.496 e. The lowest BCUT2D eigenvalue weighted by molar-refractivity contribution is -0.0868. The van der Waals surface area contributed by atoms with Crippen LogP contribution in [0.3, 0.4) is 0 Å². The molecule has 1 atom stereocenters. The van der Waals surface area contributed by atoms with Gasteiger partial charge in [-0.15, -0.1) is 0 Å². The number of aromatic carboxylic acids is 1. The van der Waals surface area contributed by atoms with Crippen LogP contribution in [-0.2, 0) is 14.2 Å². The third-order valence-corrected chi connectivity index (χ3v) is 5.55. The Bertz CT molecular complexity index is 1250. The van der Waals surface area contributed by atoms with Crippen molar-refractivity contribution in [2.75, 3.05) is 13.7 Å². The summed E-state index contributed by atoms with van der Waals surface area (Å²) in [5, 5.41) is 12.6. The molecule has 0 radical (unpaired) electrons. The molecule has 0 spiro atoms. The van der Waals surface area contributed by atoms with Crippen molar-refractivity contribution in [2.24, 2.45) is 5.92 Å². The summed E-state index contributed by atoms with van der Waals surface area (Å²) in [6.45, 7) is 8.70. The molecule has 0 aliphatic heterocycles. The van der Waals surface area contributed by atoms with Gasteiger partial charge in [-0.05, 0) is 56.9 Å². The fraction of sp³-hybridized carbons (Fsp3) is 0.370. The number of hydrogen-bond donors (Lipinski definition) is 2. The Kier molecular flexibility index (Phi) is 9.06. The molecule has 202 valence electrons. The van der Waals surface area contributed by atoms with Gasteiger partial charge in [-0.2, -0.15) is 0 Å². The first-order valence-electron chi connectivity index (χ1n) is 12.0. The van der Waals surface area contributed by atoms with E-state index in [0.29, 0.717) is 23.8 Å². The van der Waals surface area contributed by atoms with E-state index in [1.807, 2.05) is 0 Å². The van der Waals surface area contributed by atoms with Crippen LogP contribution in [0.25, 0.3) is 17.2 Å². The van der Waals surface area contributed by atoms with Gasteiger partial charge in [-0.25, -0.2) is 19.4 Å². The Labute approximate surface area is 219 Å². The van der Waals surface area contributed by atoms with Crippen LogP contribution >= 0.6 is 0 Å². The highest BCUT2D eigenvalue weighted by atomic mass is 16.8. The minimum Gasteiger partial charge on any atom is -0.496 e. The van der Waals surface area contributed by atoms with E-state index in [1.54, 1.807) is 13.8 Å². The maximum Gasteiger partial charge on any atom is 0.511 e. The third-order valence-electron chi connectivity index (χ3n) is 5.55. The molecule has 2 N–H and O–H groups in total. The molecule has 3 rings (SSSR count). The molecule has 11 nitrogen and oxygen atoms in total. The monoisotopic (exact) mass is 526 g/mol. The molecule has 1 amide bonds. The summed E-state index contributed by atoms with van der Waals surface area (Å²) in [6.07, 6.45) is 0.633. The number of carbonyl (C=O) groups excluding carboxylic acids is 3. The van der Waals surface area contributed by atoms with Crippen LogP contribution < -0.4 is 10.1 Å². The maximum atomic E-state index is 13.2. The number of pyridine rings is 1. The van der Waals surface area contributed by atoms with Crippen molar-refractivity contribution in [3.05, 3.63) is 53.4 Å². The molecule has 1 heterocycles. The Balaban J connectivity index is 2.04. The van der Waals surface area contributed by atoms with E-state index in [9.17, 15) is 24.3 Å². The van der Waals surface area contributed by atoms with Gasteiger partial charge in [0.1, 0.15) is 11.4 Å². The average molecular weight is 527 g/mol. The first-order chi connectivity index (χ1) is 18.0. The number of nitrogens with one attached hydrogen (secondary N) is 1. The molecule has 0 saturated heterocycles. The second-order valence-electron chi connectivity index (χ2n) is 8.90. The van der Waals surface area contributed by atoms with Gasteiger partial charge in [-0.3, -0.25) is 4.79 Å². The molecule has 1 aromatic carbocycles. The number of aromatic nitrogens is 1. The second-order valence-corrected chi connectivity index (χ2v) is 8.90. The minimum atomic E-state index is -1.37. The van der Waals surface area contributed by atoms with E-state index in [2.05, 4.69) is 16.9 Å². The molecule has 1 aliphatic rings. The van der Waals surface area contributed by atoms with Crippen molar-refractivity contribution in [3.8, 4) is 16.9 Å². The number of carboxylic acids is 1. The van der Waals surface area contributed by atoms with Crippen LogP contribution in [0.15, 0.2) is 30.8 Å². The van der Waals surface area contributed by atoms with Crippen molar-refractivity contribution < 1.29 is 43.2 Å². The summed E-state index contributed by atoms with van der Waals surface area (Å²) in [5.74, 6) is -2.10. The molecule has 1 unspecified atom stereocenters. The lowest BCUT2D eigenvalue weighted by Gasteiger charge is -2.18. The summed E-state index contributed by atoms with van der Waals surface area (Å²) in [6, 6.07) is 5.57. The highest BCUT2D eigenvalue weighted by molar-refractivity contribution is 6.03. The number of amides is 1. The number of esters is 1. The molecule has 2 aromatic rings. The average Bonchev–Trinajstić information content (AvgIpc) is 3.69. The Morgan fingerprint density at radius 2 is 1.82 bits per heavy atom. The van der Waals surface area contributed by atoms with E-state index < -0.39 is 36.4 Å². The van der Waals surface area contributed by atoms with Crippen molar-refractivity contribution >= 4 is 30.1 Å². The highest BCUT2D eigenvalue weighted by Gasteiger charge is 2.27. The van der Waals surface area contributed by atoms with Gasteiger partial charge < -0.3 is 29.4 Å². The quantitative estimate of drug-likeness (QED) is 0.320. The molecular formula is C27H30N2O9. The molecule has 1 fully saturated rings. The summed E-state index contributed by atoms with van der Waals surface area (Å²) in [4.78, 5) is 54.0. The summed E-state index contributed by atoms with van der Waals surface area (Å²) < 4.78 is 20.4. The van der Waals surface area contributed by atoms with E-state index >= 15 is 0 Å². The van der Waals surface area contributed by atoms with E-state index in [0.717, 1.165) is 12.8 Å². The zero-order valence-electron chi connectivity index (χ0n) is 21.6. The van der Waals surface area contributed by atoms with Gasteiger partial charge >= 0.3 is 18.1 Å². The van der Waals surface area contributed by atoms with Gasteiger partial charge in [0.05, 0.1) is 18.8 Å². The van der Waals surface area contributed by atoms with Crippen molar-refractivity contribution in [2.45, 2.75) is 46.0 Å². The summed E-state index contributed by atoms with van der Waals surface area (Å²) in [5.41, 5.74) is 0.00211. The van der Waals surface area contributed by atoms with Gasteiger partial charge in [0.25, 0.3) is 5.91 Å². The number of carboxylic acid groups (broad SMARTS) is 1. The standard InChI is InChI=1S/C27H30N2O9/c1-6-17-11-20(25(31)32)19(12-22(17)35-5)18-9-10-21(24(30)28-13-16-7-8-16)29-23(18)26(33)37-15(4)38-27(34)36-14(2)3/h6,9-12,14-16H,1,7-8,13H2,2-5H3,(H,28,30)(H,31,32). The van der Waals surface area contributed by atoms with Crippen LogP contribution in [0, 0.1) is 5.92 Å². The molecule has 1 aromatic heterocycles. The normalized spacial score (nSPS) is 13.3. The highest BCUT2D eigenvalue weighted by Crippen LogP contribution is 2.34. The SMILES string of the molecule is C=Cc1cc(C(=O)O)c(-c2ccc(C(=O)NCC3CC3)nc2C(=O)OC(C)OC(=O)OC(C)C)cc1OC.